The summed E-state index contributed by atoms with van der Waals surface area (Å²) in [5.41, 5.74) is 7.89. The lowest BCUT2D eigenvalue weighted by Gasteiger charge is -2.12. The molecule has 0 radical (unpaired) electrons. The number of aryl methyl sites for hydroxylation is 3. The average molecular weight is 511 g/mol. The number of halogens is 2. The minimum atomic E-state index is -0.356. The molecule has 0 unspecified atom stereocenters. The van der Waals surface area contributed by atoms with Gasteiger partial charge in [-0.1, -0.05) is 47.5 Å². The SMILES string of the molecule is Cc1ccc(Cn2nc(C)c(NC(=S)Nc3c(C)nn(Cc4c(F)cccc4Cl)c3C)c2C)cc1. The molecule has 2 heterocycles. The minimum Gasteiger partial charge on any atom is -0.329 e. The monoisotopic (exact) mass is 510 g/mol. The Hall–Kier alpha value is -3.23. The molecule has 0 amide bonds. The van der Waals surface area contributed by atoms with E-state index < -0.39 is 0 Å². The fraction of sp³-hybridized carbons (Fsp3) is 0.269. The molecule has 0 aliphatic carbocycles. The van der Waals surface area contributed by atoms with E-state index in [1.165, 1.54) is 17.2 Å². The van der Waals surface area contributed by atoms with Crippen molar-refractivity contribution >= 4 is 40.3 Å². The van der Waals surface area contributed by atoms with Crippen LogP contribution in [0.4, 0.5) is 15.8 Å². The highest BCUT2D eigenvalue weighted by molar-refractivity contribution is 7.80. The summed E-state index contributed by atoms with van der Waals surface area (Å²) in [4.78, 5) is 0. The highest BCUT2D eigenvalue weighted by Crippen LogP contribution is 2.26. The Balaban J connectivity index is 1.49. The second kappa shape index (κ2) is 10.2. The standard InChI is InChI=1S/C26H28ClFN6S/c1-15-9-11-20(12-10-15)13-33-18(4)24(16(2)31-33)29-26(35)30-25-17(3)32-34(19(25)5)14-21-22(27)7-6-8-23(21)28/h6-12H,13-14H2,1-5H3,(H2,29,30,35). The largest absolute Gasteiger partial charge is 0.329 e. The molecule has 0 spiro atoms. The van der Waals surface area contributed by atoms with Gasteiger partial charge < -0.3 is 10.6 Å². The van der Waals surface area contributed by atoms with E-state index in [2.05, 4.69) is 46.9 Å². The number of hydrogen-bond donors (Lipinski definition) is 2. The molecule has 2 aromatic heterocycles. The van der Waals surface area contributed by atoms with Crippen molar-refractivity contribution in [3.8, 4) is 0 Å². The molecule has 0 atom stereocenters. The highest BCUT2D eigenvalue weighted by Gasteiger charge is 2.18. The molecule has 6 nitrogen and oxygen atoms in total. The van der Waals surface area contributed by atoms with Crippen LogP contribution in [0.15, 0.2) is 42.5 Å². The summed E-state index contributed by atoms with van der Waals surface area (Å²) in [6, 6.07) is 13.1. The summed E-state index contributed by atoms with van der Waals surface area (Å²) in [6.45, 7) is 10.7. The molecule has 2 N–H and O–H groups in total. The third-order valence-corrected chi connectivity index (χ3v) is 6.62. The number of nitrogens with zero attached hydrogens (tertiary/aromatic N) is 4. The number of hydrogen-bond acceptors (Lipinski definition) is 3. The van der Waals surface area contributed by atoms with Crippen molar-refractivity contribution in [3.05, 3.63) is 92.8 Å². The maximum atomic E-state index is 14.3. The number of aromatic nitrogens is 4. The van der Waals surface area contributed by atoms with E-state index in [9.17, 15) is 4.39 Å². The van der Waals surface area contributed by atoms with Gasteiger partial charge in [-0.15, -0.1) is 0 Å². The van der Waals surface area contributed by atoms with E-state index in [-0.39, 0.29) is 12.4 Å². The van der Waals surface area contributed by atoms with Crippen LogP contribution in [0, 0.1) is 40.4 Å². The Bertz CT molecular complexity index is 1370. The predicted octanol–water partition coefficient (Wildman–Crippen LogP) is 6.32. The second-order valence-electron chi connectivity index (χ2n) is 8.67. The van der Waals surface area contributed by atoms with Crippen LogP contribution in [0.1, 0.15) is 39.5 Å². The number of benzene rings is 2. The summed E-state index contributed by atoms with van der Waals surface area (Å²) in [5, 5.41) is 16.6. The zero-order chi connectivity index (χ0) is 25.3. The van der Waals surface area contributed by atoms with Crippen LogP contribution in [0.2, 0.25) is 5.02 Å². The summed E-state index contributed by atoms with van der Waals surface area (Å²) in [6.07, 6.45) is 0. The fourth-order valence-electron chi connectivity index (χ4n) is 4.02. The van der Waals surface area contributed by atoms with E-state index >= 15 is 0 Å². The Labute approximate surface area is 215 Å². The van der Waals surface area contributed by atoms with Crippen LogP contribution < -0.4 is 10.6 Å². The van der Waals surface area contributed by atoms with Crippen LogP contribution in [0.3, 0.4) is 0 Å². The van der Waals surface area contributed by atoms with Gasteiger partial charge in [0.2, 0.25) is 0 Å². The third-order valence-electron chi connectivity index (χ3n) is 6.06. The van der Waals surface area contributed by atoms with Crippen LogP contribution in [0.25, 0.3) is 0 Å². The van der Waals surface area contributed by atoms with Gasteiger partial charge in [0.25, 0.3) is 0 Å². The van der Waals surface area contributed by atoms with Crippen molar-refractivity contribution in [2.45, 2.75) is 47.7 Å². The van der Waals surface area contributed by atoms with Crippen LogP contribution >= 0.6 is 23.8 Å². The maximum absolute atomic E-state index is 14.3. The van der Waals surface area contributed by atoms with Gasteiger partial charge in [-0.3, -0.25) is 9.36 Å². The summed E-state index contributed by atoms with van der Waals surface area (Å²) < 4.78 is 18.0. The quantitative estimate of drug-likeness (QED) is 0.297. The minimum absolute atomic E-state index is 0.226. The first-order chi connectivity index (χ1) is 16.6. The fourth-order valence-corrected chi connectivity index (χ4v) is 4.45. The zero-order valence-corrected chi connectivity index (χ0v) is 22.0. The molecular weight excluding hydrogens is 483 g/mol. The summed E-state index contributed by atoms with van der Waals surface area (Å²) in [7, 11) is 0. The molecule has 0 saturated heterocycles. The first-order valence-electron chi connectivity index (χ1n) is 11.3. The van der Waals surface area contributed by atoms with E-state index in [0.717, 1.165) is 34.2 Å². The van der Waals surface area contributed by atoms with Crippen molar-refractivity contribution in [1.29, 1.82) is 0 Å². The molecular formula is C26H28ClFN6S. The molecule has 9 heteroatoms. The molecule has 2 aromatic carbocycles. The lowest BCUT2D eigenvalue weighted by molar-refractivity contribution is 0.579. The summed E-state index contributed by atoms with van der Waals surface area (Å²) in [5.74, 6) is -0.356. The zero-order valence-electron chi connectivity index (χ0n) is 20.4. The molecule has 182 valence electrons. The molecule has 0 saturated carbocycles. The first-order valence-corrected chi connectivity index (χ1v) is 12.1. The van der Waals surface area contributed by atoms with Crippen molar-refractivity contribution in [2.75, 3.05) is 10.6 Å². The second-order valence-corrected chi connectivity index (χ2v) is 9.49. The number of nitrogens with one attached hydrogen (secondary N) is 2. The molecule has 4 aromatic rings. The van der Waals surface area contributed by atoms with Crippen LogP contribution in [0.5, 0.6) is 0 Å². The molecule has 4 rings (SSSR count). The van der Waals surface area contributed by atoms with Crippen molar-refractivity contribution in [3.63, 3.8) is 0 Å². The number of thiocarbonyl (C=S) groups is 1. The molecule has 0 aliphatic rings. The first kappa shape index (κ1) is 24.9. The molecule has 0 aliphatic heterocycles. The lowest BCUT2D eigenvalue weighted by Crippen LogP contribution is -2.21. The number of anilines is 2. The van der Waals surface area contributed by atoms with Gasteiger partial charge in [0, 0.05) is 10.6 Å². The predicted molar refractivity (Wildman–Crippen MR) is 144 cm³/mol. The molecule has 0 fully saturated rings. The summed E-state index contributed by atoms with van der Waals surface area (Å²) >= 11 is 11.8. The Morgan fingerprint density at radius 1 is 0.857 bits per heavy atom. The van der Waals surface area contributed by atoms with Gasteiger partial charge in [0.15, 0.2) is 5.11 Å². The van der Waals surface area contributed by atoms with Crippen LogP contribution in [-0.2, 0) is 13.1 Å². The van der Waals surface area contributed by atoms with Crippen molar-refractivity contribution in [1.82, 2.24) is 19.6 Å². The average Bonchev–Trinajstić information content (AvgIpc) is 3.22. The van der Waals surface area contributed by atoms with Gasteiger partial charge in [-0.25, -0.2) is 4.39 Å². The van der Waals surface area contributed by atoms with Crippen molar-refractivity contribution < 1.29 is 4.39 Å². The third kappa shape index (κ3) is 5.39. The van der Waals surface area contributed by atoms with E-state index in [0.29, 0.717) is 22.2 Å². The lowest BCUT2D eigenvalue weighted by atomic mass is 10.1. The van der Waals surface area contributed by atoms with E-state index in [1.54, 1.807) is 16.8 Å². The normalized spacial score (nSPS) is 11.1. The van der Waals surface area contributed by atoms with E-state index in [4.69, 9.17) is 28.9 Å². The van der Waals surface area contributed by atoms with Gasteiger partial charge in [-0.05, 0) is 64.5 Å². The van der Waals surface area contributed by atoms with Crippen molar-refractivity contribution in [2.24, 2.45) is 0 Å². The molecule has 35 heavy (non-hydrogen) atoms. The topological polar surface area (TPSA) is 59.7 Å². The maximum Gasteiger partial charge on any atom is 0.175 e. The van der Waals surface area contributed by atoms with Gasteiger partial charge in [-0.2, -0.15) is 10.2 Å². The van der Waals surface area contributed by atoms with E-state index in [1.807, 2.05) is 32.4 Å². The number of rotatable bonds is 6. The highest BCUT2D eigenvalue weighted by atomic mass is 35.5. The van der Waals surface area contributed by atoms with Gasteiger partial charge >= 0.3 is 0 Å². The van der Waals surface area contributed by atoms with Crippen LogP contribution in [-0.4, -0.2) is 24.7 Å². The van der Waals surface area contributed by atoms with Gasteiger partial charge in [0.05, 0.1) is 47.2 Å². The Morgan fingerprint density at radius 2 is 1.40 bits per heavy atom. The van der Waals surface area contributed by atoms with Gasteiger partial charge in [0.1, 0.15) is 5.82 Å². The smallest absolute Gasteiger partial charge is 0.175 e. The Kier molecular flexibility index (Phi) is 7.23. The Morgan fingerprint density at radius 3 is 1.94 bits per heavy atom. The molecule has 0 bridgehead atoms.